The number of nitrogens with two attached hydrogens (primary N) is 1. The predicted molar refractivity (Wildman–Crippen MR) is 83.9 cm³/mol. The Labute approximate surface area is 130 Å². The third-order valence-electron chi connectivity index (χ3n) is 3.95. The molecular weight excluding hydrogens is 312 g/mol. The summed E-state index contributed by atoms with van der Waals surface area (Å²) in [5, 5.41) is 0.353. The van der Waals surface area contributed by atoms with Crippen molar-refractivity contribution in [3.05, 3.63) is 22.7 Å². The molecule has 7 heteroatoms. The van der Waals surface area contributed by atoms with E-state index in [9.17, 15) is 8.42 Å². The maximum atomic E-state index is 12.3. The molecule has 0 aromatic heterocycles. The van der Waals surface area contributed by atoms with Crippen LogP contribution in [-0.4, -0.2) is 27.7 Å². The highest BCUT2D eigenvalue weighted by Gasteiger charge is 2.28. The summed E-state index contributed by atoms with van der Waals surface area (Å²) in [6, 6.07) is 2.87. The number of halogens is 1. The van der Waals surface area contributed by atoms with Crippen LogP contribution in [0.3, 0.4) is 0 Å². The van der Waals surface area contributed by atoms with Crippen LogP contribution >= 0.6 is 11.6 Å². The molecule has 1 aliphatic rings. The fourth-order valence-corrected chi connectivity index (χ4v) is 3.95. The molecule has 0 spiro atoms. The van der Waals surface area contributed by atoms with E-state index in [4.69, 9.17) is 22.1 Å². The number of nitrogens with one attached hydrogen (secondary N) is 1. The molecule has 1 aromatic carbocycles. The van der Waals surface area contributed by atoms with Crippen LogP contribution < -0.4 is 10.5 Å². The molecule has 21 heavy (non-hydrogen) atoms. The maximum absolute atomic E-state index is 12.3. The quantitative estimate of drug-likeness (QED) is 0.811. The van der Waals surface area contributed by atoms with Crippen LogP contribution in [0, 0.1) is 12.8 Å². The molecule has 1 fully saturated rings. The largest absolute Gasteiger partial charge is 0.398 e. The first-order chi connectivity index (χ1) is 9.85. The Hall–Kier alpha value is -0.820. The lowest BCUT2D eigenvalue weighted by Gasteiger charge is -2.17. The molecule has 3 N–H and O–H groups in total. The molecular formula is C14H21ClN2O3S. The van der Waals surface area contributed by atoms with E-state index in [-0.39, 0.29) is 16.9 Å². The zero-order valence-corrected chi connectivity index (χ0v) is 13.8. The lowest BCUT2D eigenvalue weighted by molar-refractivity contribution is 0.0884. The van der Waals surface area contributed by atoms with E-state index < -0.39 is 10.0 Å². The molecule has 0 radical (unpaired) electrons. The van der Waals surface area contributed by atoms with Gasteiger partial charge >= 0.3 is 0 Å². The van der Waals surface area contributed by atoms with Gasteiger partial charge in [-0.15, -0.1) is 0 Å². The first-order valence-corrected chi connectivity index (χ1v) is 8.88. The Morgan fingerprint density at radius 1 is 1.48 bits per heavy atom. The van der Waals surface area contributed by atoms with E-state index in [1.54, 1.807) is 6.92 Å². The van der Waals surface area contributed by atoms with Crippen LogP contribution in [0.4, 0.5) is 5.69 Å². The molecule has 0 bridgehead atoms. The van der Waals surface area contributed by atoms with Gasteiger partial charge < -0.3 is 10.5 Å². The molecule has 2 unspecified atom stereocenters. The highest BCUT2D eigenvalue weighted by molar-refractivity contribution is 7.89. The highest BCUT2D eigenvalue weighted by Crippen LogP contribution is 2.27. The highest BCUT2D eigenvalue weighted by atomic mass is 35.5. The van der Waals surface area contributed by atoms with Gasteiger partial charge in [0.05, 0.1) is 11.0 Å². The molecule has 2 atom stereocenters. The first kappa shape index (κ1) is 16.5. The smallest absolute Gasteiger partial charge is 0.240 e. The minimum atomic E-state index is -3.61. The van der Waals surface area contributed by atoms with Crippen LogP contribution in [0.25, 0.3) is 0 Å². The monoisotopic (exact) mass is 332 g/mol. The standard InChI is InChI=1S/C14H21ClN2O3S/c1-3-14-10(4-5-20-14)8-17-21(18,19)11-6-12(15)9(2)13(16)7-11/h6-7,10,14,17H,3-5,8,16H2,1-2H3. The van der Waals surface area contributed by atoms with Crippen molar-refractivity contribution in [1.29, 1.82) is 0 Å². The summed E-state index contributed by atoms with van der Waals surface area (Å²) in [7, 11) is -3.61. The third-order valence-corrected chi connectivity index (χ3v) is 5.75. The van der Waals surface area contributed by atoms with Crippen molar-refractivity contribution in [2.45, 2.75) is 37.7 Å². The topological polar surface area (TPSA) is 81.4 Å². The van der Waals surface area contributed by atoms with Gasteiger partial charge in [-0.2, -0.15) is 0 Å². The first-order valence-electron chi connectivity index (χ1n) is 7.02. The lowest BCUT2D eigenvalue weighted by Crippen LogP contribution is -2.32. The summed E-state index contributed by atoms with van der Waals surface area (Å²) >= 11 is 6.01. The van der Waals surface area contributed by atoms with Gasteiger partial charge in [0.25, 0.3) is 0 Å². The van der Waals surface area contributed by atoms with Gasteiger partial charge in [-0.25, -0.2) is 13.1 Å². The second-order valence-corrected chi connectivity index (χ2v) is 7.51. The average Bonchev–Trinajstić information content (AvgIpc) is 2.89. The summed E-state index contributed by atoms with van der Waals surface area (Å²) in [6.45, 7) is 4.85. The molecule has 2 rings (SSSR count). The number of nitrogen functional groups attached to an aromatic ring is 1. The number of anilines is 1. The Balaban J connectivity index is 2.12. The minimum Gasteiger partial charge on any atom is -0.398 e. The number of rotatable bonds is 5. The summed E-state index contributed by atoms with van der Waals surface area (Å²) in [6.07, 6.45) is 1.88. The molecule has 0 amide bonds. The van der Waals surface area contributed by atoms with Gasteiger partial charge in [0.1, 0.15) is 0 Å². The van der Waals surface area contributed by atoms with Crippen LogP contribution in [0.2, 0.25) is 5.02 Å². The molecule has 1 heterocycles. The number of ether oxygens (including phenoxy) is 1. The molecule has 0 saturated carbocycles. The number of hydrogen-bond acceptors (Lipinski definition) is 4. The fraction of sp³-hybridized carbons (Fsp3) is 0.571. The van der Waals surface area contributed by atoms with E-state index in [0.717, 1.165) is 12.8 Å². The number of sulfonamides is 1. The average molecular weight is 333 g/mol. The Morgan fingerprint density at radius 3 is 2.81 bits per heavy atom. The molecule has 1 aliphatic heterocycles. The summed E-state index contributed by atoms with van der Waals surface area (Å²) in [4.78, 5) is 0.0996. The Kier molecular flexibility index (Phi) is 5.14. The van der Waals surface area contributed by atoms with Crippen LogP contribution in [-0.2, 0) is 14.8 Å². The van der Waals surface area contributed by atoms with Gasteiger partial charge in [0.2, 0.25) is 10.0 Å². The van der Waals surface area contributed by atoms with Gasteiger partial charge in [-0.05, 0) is 37.5 Å². The van der Waals surface area contributed by atoms with E-state index in [2.05, 4.69) is 4.72 Å². The fourth-order valence-electron chi connectivity index (χ4n) is 2.51. The zero-order valence-electron chi connectivity index (χ0n) is 12.2. The summed E-state index contributed by atoms with van der Waals surface area (Å²) in [5.74, 6) is 0.211. The Bertz CT molecular complexity index is 596. The van der Waals surface area contributed by atoms with Crippen molar-refractivity contribution in [1.82, 2.24) is 4.72 Å². The van der Waals surface area contributed by atoms with Crippen molar-refractivity contribution in [2.24, 2.45) is 5.92 Å². The second-order valence-electron chi connectivity index (χ2n) is 5.34. The minimum absolute atomic E-state index is 0.0996. The zero-order chi connectivity index (χ0) is 15.6. The molecule has 5 nitrogen and oxygen atoms in total. The van der Waals surface area contributed by atoms with Gasteiger partial charge in [-0.3, -0.25) is 0 Å². The van der Waals surface area contributed by atoms with E-state index in [0.29, 0.717) is 29.4 Å². The normalized spacial score (nSPS) is 22.6. The van der Waals surface area contributed by atoms with Crippen LogP contribution in [0.5, 0.6) is 0 Å². The number of benzene rings is 1. The van der Waals surface area contributed by atoms with Crippen molar-refractivity contribution < 1.29 is 13.2 Å². The van der Waals surface area contributed by atoms with E-state index in [1.165, 1.54) is 12.1 Å². The van der Waals surface area contributed by atoms with Crippen molar-refractivity contribution in [3.8, 4) is 0 Å². The van der Waals surface area contributed by atoms with E-state index in [1.807, 2.05) is 6.92 Å². The summed E-state index contributed by atoms with van der Waals surface area (Å²) in [5.41, 5.74) is 6.84. The second kappa shape index (κ2) is 6.52. The number of hydrogen-bond donors (Lipinski definition) is 2. The van der Waals surface area contributed by atoms with Crippen molar-refractivity contribution >= 4 is 27.3 Å². The predicted octanol–water partition coefficient (Wildman–Crippen LogP) is 2.32. The van der Waals surface area contributed by atoms with Crippen LogP contribution in [0.1, 0.15) is 25.3 Å². The van der Waals surface area contributed by atoms with Gasteiger partial charge in [0, 0.05) is 29.8 Å². The van der Waals surface area contributed by atoms with Gasteiger partial charge in [-0.1, -0.05) is 18.5 Å². The molecule has 1 saturated heterocycles. The molecule has 118 valence electrons. The molecule has 0 aliphatic carbocycles. The maximum Gasteiger partial charge on any atom is 0.240 e. The van der Waals surface area contributed by atoms with Crippen molar-refractivity contribution in [2.75, 3.05) is 18.9 Å². The SMILES string of the molecule is CCC1OCCC1CNS(=O)(=O)c1cc(N)c(C)c(Cl)c1. The van der Waals surface area contributed by atoms with Crippen molar-refractivity contribution in [3.63, 3.8) is 0 Å². The third kappa shape index (κ3) is 3.69. The molecule has 1 aromatic rings. The van der Waals surface area contributed by atoms with Gasteiger partial charge in [0.15, 0.2) is 0 Å². The van der Waals surface area contributed by atoms with E-state index >= 15 is 0 Å². The Morgan fingerprint density at radius 2 is 2.19 bits per heavy atom. The van der Waals surface area contributed by atoms with Crippen LogP contribution in [0.15, 0.2) is 17.0 Å². The summed E-state index contributed by atoms with van der Waals surface area (Å²) < 4.78 is 32.9. The lowest BCUT2D eigenvalue weighted by atomic mass is 10.0.